The fraction of sp³-hybridized carbons (Fsp3) is 0.250. The van der Waals surface area contributed by atoms with Crippen LogP contribution >= 0.6 is 0 Å². The Bertz CT molecular complexity index is 1190. The highest BCUT2D eigenvalue weighted by molar-refractivity contribution is 5.54. The number of ether oxygens (including phenoxy) is 3. The Morgan fingerprint density at radius 3 is 1.97 bits per heavy atom. The molecule has 0 amide bonds. The van der Waals surface area contributed by atoms with E-state index in [1.165, 1.54) is 11.1 Å². The van der Waals surface area contributed by atoms with E-state index in [2.05, 4.69) is 74.5 Å². The van der Waals surface area contributed by atoms with Gasteiger partial charge >= 0.3 is 0 Å². The molecule has 0 fully saturated rings. The smallest absolute Gasteiger partial charge is 0.211 e. The number of fused-ring (bicyclic) bond motifs is 2. The van der Waals surface area contributed by atoms with Crippen molar-refractivity contribution >= 4 is 0 Å². The van der Waals surface area contributed by atoms with Gasteiger partial charge in [-0.3, -0.25) is 0 Å². The Morgan fingerprint density at radius 2 is 1.34 bits per heavy atom. The van der Waals surface area contributed by atoms with Crippen molar-refractivity contribution in [2.75, 3.05) is 6.61 Å². The summed E-state index contributed by atoms with van der Waals surface area (Å²) in [4.78, 5) is 0. The van der Waals surface area contributed by atoms with Crippen molar-refractivity contribution in [1.29, 1.82) is 0 Å². The zero-order chi connectivity index (χ0) is 24.0. The Kier molecular flexibility index (Phi) is 7.15. The van der Waals surface area contributed by atoms with E-state index in [1.807, 2.05) is 42.5 Å². The monoisotopic (exact) mass is 464 g/mol. The largest absolute Gasteiger partial charge is 0.464 e. The van der Waals surface area contributed by atoms with E-state index in [-0.39, 0.29) is 5.92 Å². The van der Waals surface area contributed by atoms with Gasteiger partial charge in [-0.1, -0.05) is 92.7 Å². The summed E-state index contributed by atoms with van der Waals surface area (Å²) in [7, 11) is 0. The van der Waals surface area contributed by atoms with Crippen LogP contribution in [0.3, 0.4) is 0 Å². The fourth-order valence-corrected chi connectivity index (χ4v) is 4.62. The Morgan fingerprint density at radius 1 is 0.743 bits per heavy atom. The van der Waals surface area contributed by atoms with Crippen molar-refractivity contribution in [3.8, 4) is 17.2 Å². The van der Waals surface area contributed by atoms with Gasteiger partial charge in [-0.15, -0.1) is 0 Å². The second-order valence-electron chi connectivity index (χ2n) is 9.13. The molecule has 3 heteroatoms. The Labute approximate surface area is 208 Å². The van der Waals surface area contributed by atoms with Gasteiger partial charge in [0.15, 0.2) is 0 Å². The zero-order valence-electron chi connectivity index (χ0n) is 20.4. The predicted octanol–water partition coefficient (Wildman–Crippen LogP) is 8.10. The number of rotatable bonds is 9. The van der Waals surface area contributed by atoms with Crippen LogP contribution in [0.5, 0.6) is 17.2 Å². The molecule has 1 heterocycles. The van der Waals surface area contributed by atoms with Crippen molar-refractivity contribution in [3.05, 3.63) is 125 Å². The minimum Gasteiger partial charge on any atom is -0.464 e. The zero-order valence-corrected chi connectivity index (χ0v) is 20.4. The summed E-state index contributed by atoms with van der Waals surface area (Å²) >= 11 is 0. The molecule has 2 unspecified atom stereocenters. The molecule has 0 bridgehead atoms. The lowest BCUT2D eigenvalue weighted by Gasteiger charge is -2.33. The summed E-state index contributed by atoms with van der Waals surface area (Å²) in [6.07, 6.45) is 1.43. The summed E-state index contributed by atoms with van der Waals surface area (Å²) < 4.78 is 19.3. The topological polar surface area (TPSA) is 27.7 Å². The summed E-state index contributed by atoms with van der Waals surface area (Å²) in [6, 6.07) is 35.2. The fourth-order valence-electron chi connectivity index (χ4n) is 4.62. The normalized spacial score (nSPS) is 14.3. The Hall–Kier alpha value is -3.56. The van der Waals surface area contributed by atoms with Crippen LogP contribution in [-0.4, -0.2) is 12.9 Å². The van der Waals surface area contributed by atoms with Crippen LogP contribution in [-0.2, 0) is 11.2 Å². The van der Waals surface area contributed by atoms with E-state index in [0.29, 0.717) is 12.5 Å². The highest BCUT2D eigenvalue weighted by Gasteiger charge is 2.35. The molecule has 35 heavy (non-hydrogen) atoms. The van der Waals surface area contributed by atoms with Gasteiger partial charge in [0.25, 0.3) is 0 Å². The third-order valence-corrected chi connectivity index (χ3v) is 6.83. The summed E-state index contributed by atoms with van der Waals surface area (Å²) in [5.74, 6) is 2.92. The average Bonchev–Trinajstić information content (AvgIpc) is 2.92. The molecule has 0 saturated heterocycles. The van der Waals surface area contributed by atoms with Gasteiger partial charge in [0.1, 0.15) is 17.2 Å². The quantitative estimate of drug-likeness (QED) is 0.234. The van der Waals surface area contributed by atoms with Gasteiger partial charge in [0.05, 0.1) is 12.5 Å². The van der Waals surface area contributed by atoms with Gasteiger partial charge in [-0.25, -0.2) is 0 Å². The molecule has 0 N–H and O–H groups in total. The van der Waals surface area contributed by atoms with E-state index in [1.54, 1.807) is 0 Å². The third kappa shape index (κ3) is 5.26. The lowest BCUT2D eigenvalue weighted by atomic mass is 9.87. The lowest BCUT2D eigenvalue weighted by Crippen LogP contribution is -2.32. The van der Waals surface area contributed by atoms with E-state index >= 15 is 0 Å². The van der Waals surface area contributed by atoms with Gasteiger partial charge in [0.2, 0.25) is 6.29 Å². The molecule has 0 spiro atoms. The van der Waals surface area contributed by atoms with Crippen molar-refractivity contribution in [3.63, 3.8) is 0 Å². The number of benzene rings is 4. The summed E-state index contributed by atoms with van der Waals surface area (Å²) in [5, 5.41) is 0. The average molecular weight is 465 g/mol. The van der Waals surface area contributed by atoms with Crippen LogP contribution in [0.2, 0.25) is 0 Å². The maximum absolute atomic E-state index is 6.60. The molecule has 0 radical (unpaired) electrons. The Balaban J connectivity index is 1.46. The van der Waals surface area contributed by atoms with Gasteiger partial charge in [0, 0.05) is 11.1 Å². The molecule has 4 aromatic carbocycles. The van der Waals surface area contributed by atoms with Crippen LogP contribution in [0.15, 0.2) is 103 Å². The third-order valence-electron chi connectivity index (χ3n) is 6.83. The van der Waals surface area contributed by atoms with Crippen molar-refractivity contribution in [1.82, 2.24) is 0 Å². The van der Waals surface area contributed by atoms with E-state index in [4.69, 9.17) is 14.2 Å². The van der Waals surface area contributed by atoms with E-state index in [9.17, 15) is 0 Å². The SMILES string of the molecule is CCC(C)c1ccc(OC(OCCc2ccccc2)C2c3ccccc3Oc3ccccc32)cc1. The van der Waals surface area contributed by atoms with E-state index in [0.717, 1.165) is 41.2 Å². The first kappa shape index (κ1) is 23.2. The highest BCUT2D eigenvalue weighted by Crippen LogP contribution is 2.46. The second kappa shape index (κ2) is 10.8. The molecular formula is C32H32O3. The van der Waals surface area contributed by atoms with Crippen LogP contribution in [0, 0.1) is 0 Å². The predicted molar refractivity (Wildman–Crippen MR) is 140 cm³/mol. The van der Waals surface area contributed by atoms with Gasteiger partial charge in [-0.05, 0) is 54.2 Å². The lowest BCUT2D eigenvalue weighted by molar-refractivity contribution is -0.0896. The molecule has 0 aromatic heterocycles. The van der Waals surface area contributed by atoms with Gasteiger partial charge < -0.3 is 14.2 Å². The molecule has 1 aliphatic heterocycles. The molecule has 0 aliphatic carbocycles. The standard InChI is InChI=1S/C32H32O3/c1-3-23(2)25-17-19-26(20-18-25)34-32(33-22-21-24-11-5-4-6-12-24)31-27-13-7-9-15-29(27)35-30-16-10-8-14-28(30)31/h4-20,23,31-32H,3,21-22H2,1-2H3. The molecule has 1 aliphatic rings. The van der Waals surface area contributed by atoms with Crippen LogP contribution in [0.4, 0.5) is 0 Å². The highest BCUT2D eigenvalue weighted by atomic mass is 16.7. The minimum atomic E-state index is -0.501. The van der Waals surface area contributed by atoms with Crippen molar-refractivity contribution in [2.45, 2.75) is 44.8 Å². The minimum absolute atomic E-state index is 0.110. The maximum Gasteiger partial charge on any atom is 0.211 e. The molecule has 5 rings (SSSR count). The molecule has 178 valence electrons. The van der Waals surface area contributed by atoms with Crippen LogP contribution in [0.1, 0.15) is 54.4 Å². The second-order valence-corrected chi connectivity index (χ2v) is 9.13. The first-order valence-corrected chi connectivity index (χ1v) is 12.5. The first-order chi connectivity index (χ1) is 17.2. The maximum atomic E-state index is 6.60. The number of para-hydroxylation sites is 2. The van der Waals surface area contributed by atoms with Crippen LogP contribution in [0.25, 0.3) is 0 Å². The van der Waals surface area contributed by atoms with Gasteiger partial charge in [-0.2, -0.15) is 0 Å². The first-order valence-electron chi connectivity index (χ1n) is 12.5. The van der Waals surface area contributed by atoms with Crippen molar-refractivity contribution in [2.24, 2.45) is 0 Å². The molecular weight excluding hydrogens is 432 g/mol. The number of hydrogen-bond acceptors (Lipinski definition) is 3. The molecule has 2 atom stereocenters. The summed E-state index contributed by atoms with van der Waals surface area (Å²) in [6.45, 7) is 5.02. The summed E-state index contributed by atoms with van der Waals surface area (Å²) in [5.41, 5.74) is 4.72. The molecule has 0 saturated carbocycles. The molecule has 4 aromatic rings. The van der Waals surface area contributed by atoms with Crippen molar-refractivity contribution < 1.29 is 14.2 Å². The van der Waals surface area contributed by atoms with Crippen LogP contribution < -0.4 is 9.47 Å². The number of hydrogen-bond donors (Lipinski definition) is 0. The molecule has 3 nitrogen and oxygen atoms in total. The van der Waals surface area contributed by atoms with E-state index < -0.39 is 6.29 Å².